The summed E-state index contributed by atoms with van der Waals surface area (Å²) in [6.07, 6.45) is 30.0. The fourth-order valence-corrected chi connectivity index (χ4v) is 8.38. The first-order valence-electron chi connectivity index (χ1n) is 24.8. The van der Waals surface area contributed by atoms with Crippen molar-refractivity contribution < 1.29 is 46.7 Å². The van der Waals surface area contributed by atoms with Gasteiger partial charge in [0.15, 0.2) is 6.10 Å². The lowest BCUT2D eigenvalue weighted by atomic mass is 10.0. The number of esters is 2. The third-order valence-corrected chi connectivity index (χ3v) is 12.3. The molecule has 1 unspecified atom stereocenters. The molecule has 358 valence electrons. The monoisotopic (exact) mass is 902 g/mol. The summed E-state index contributed by atoms with van der Waals surface area (Å²) >= 11 is 0. The maximum absolute atomic E-state index is 14.0. The number of ether oxygens (including phenoxy) is 3. The molecular formula is C51H84NO10P. The molecule has 63 heavy (non-hydrogen) atoms. The van der Waals surface area contributed by atoms with Crippen LogP contribution in [-0.2, 0) is 44.0 Å². The normalized spacial score (nSPS) is 12.6. The number of alkyl carbamates (subject to hydrolysis) is 1. The van der Waals surface area contributed by atoms with Gasteiger partial charge in [0.05, 0.1) is 6.61 Å². The smallest absolute Gasteiger partial charge is 0.462 e. The van der Waals surface area contributed by atoms with Gasteiger partial charge >= 0.3 is 25.9 Å². The highest BCUT2D eigenvalue weighted by Gasteiger charge is 2.32. The van der Waals surface area contributed by atoms with E-state index < -0.39 is 32.6 Å². The number of rotatable bonds is 42. The van der Waals surface area contributed by atoms with Crippen LogP contribution in [0, 0.1) is 0 Å². The Hall–Kier alpha value is -3.40. The average molecular weight is 902 g/mol. The van der Waals surface area contributed by atoms with Crippen LogP contribution in [0.3, 0.4) is 0 Å². The molecule has 0 saturated carbocycles. The zero-order chi connectivity index (χ0) is 45.3. The maximum atomic E-state index is 14.0. The van der Waals surface area contributed by atoms with Crippen molar-refractivity contribution in [2.75, 3.05) is 26.4 Å². The van der Waals surface area contributed by atoms with Crippen molar-refractivity contribution in [1.82, 2.24) is 5.32 Å². The molecule has 0 spiro atoms. The van der Waals surface area contributed by atoms with Crippen LogP contribution in [0.2, 0.25) is 0 Å². The van der Waals surface area contributed by atoms with Gasteiger partial charge in [0.1, 0.15) is 25.6 Å². The SMILES string of the molecule is CCCCCCCCCCCCCCCC(=O)OC[C@H](COP(=O)(OCCNC(=O)OCc1ccccc1)Oc1ccccc1)OC(=O)CCCCCCCCCCCCCCC. The van der Waals surface area contributed by atoms with Gasteiger partial charge in [-0.15, -0.1) is 0 Å². The fourth-order valence-electron chi connectivity index (χ4n) is 7.15. The second-order valence-electron chi connectivity index (χ2n) is 16.7. The van der Waals surface area contributed by atoms with E-state index in [0.29, 0.717) is 6.42 Å². The van der Waals surface area contributed by atoms with Crippen molar-refractivity contribution in [3.63, 3.8) is 0 Å². The lowest BCUT2D eigenvalue weighted by Crippen LogP contribution is -2.30. The van der Waals surface area contributed by atoms with E-state index in [0.717, 1.165) is 44.1 Å². The van der Waals surface area contributed by atoms with Crippen molar-refractivity contribution in [1.29, 1.82) is 0 Å². The van der Waals surface area contributed by atoms with Crippen molar-refractivity contribution in [3.05, 3.63) is 66.2 Å². The summed E-state index contributed by atoms with van der Waals surface area (Å²) in [5, 5.41) is 2.56. The first-order chi connectivity index (χ1) is 30.8. The summed E-state index contributed by atoms with van der Waals surface area (Å²) in [7, 11) is -4.33. The molecule has 2 aromatic carbocycles. The Morgan fingerprint density at radius 1 is 0.524 bits per heavy atom. The van der Waals surface area contributed by atoms with Crippen molar-refractivity contribution in [2.24, 2.45) is 0 Å². The van der Waals surface area contributed by atoms with Gasteiger partial charge in [-0.1, -0.05) is 216 Å². The predicted octanol–water partition coefficient (Wildman–Crippen LogP) is 14.6. The van der Waals surface area contributed by atoms with E-state index in [4.69, 9.17) is 27.8 Å². The Labute approximate surface area is 381 Å². The standard InChI is InChI=1S/C51H84NO10P/c1-3-5-7-9-11-13-15-17-19-21-23-25-33-39-49(53)57-44-48(61-50(54)40-34-26-24-22-20-18-16-14-12-10-8-6-4-2)45-60-63(56,62-47-37-31-28-32-38-47)59-42-41-52-51(55)58-43-46-35-29-27-30-36-46/h27-32,35-38,48H,3-26,33-34,39-45H2,1-2H3,(H,52,55)/t48-,63?/m1/s1. The van der Waals surface area contributed by atoms with Crippen LogP contribution < -0.4 is 9.84 Å². The molecule has 0 aliphatic carbocycles. The number of benzene rings is 2. The minimum absolute atomic E-state index is 0.0481. The molecule has 0 bridgehead atoms. The molecule has 1 amide bonds. The van der Waals surface area contributed by atoms with Crippen molar-refractivity contribution in [3.8, 4) is 5.75 Å². The van der Waals surface area contributed by atoms with Gasteiger partial charge in [0.2, 0.25) is 0 Å². The molecule has 0 heterocycles. The highest BCUT2D eigenvalue weighted by Crippen LogP contribution is 2.49. The minimum atomic E-state index is -4.33. The van der Waals surface area contributed by atoms with Gasteiger partial charge in [-0.2, -0.15) is 0 Å². The second kappa shape index (κ2) is 39.0. The number of amides is 1. The number of nitrogens with one attached hydrogen (secondary N) is 1. The van der Waals surface area contributed by atoms with Gasteiger partial charge in [-0.05, 0) is 30.5 Å². The summed E-state index contributed by atoms with van der Waals surface area (Å²) in [6, 6.07) is 17.7. The lowest BCUT2D eigenvalue weighted by Gasteiger charge is -2.22. The largest absolute Gasteiger partial charge is 0.530 e. The molecule has 2 rings (SSSR count). The molecule has 0 aliphatic rings. The Morgan fingerprint density at radius 2 is 0.968 bits per heavy atom. The molecule has 0 radical (unpaired) electrons. The second-order valence-corrected chi connectivity index (χ2v) is 18.3. The van der Waals surface area contributed by atoms with Crippen LogP contribution >= 0.6 is 7.82 Å². The van der Waals surface area contributed by atoms with Crippen molar-refractivity contribution >= 4 is 25.9 Å². The summed E-state index contributed by atoms with van der Waals surface area (Å²) < 4.78 is 47.6. The van der Waals surface area contributed by atoms with E-state index in [1.54, 1.807) is 30.3 Å². The number of unbranched alkanes of at least 4 members (excludes halogenated alkanes) is 24. The molecule has 0 aliphatic heterocycles. The highest BCUT2D eigenvalue weighted by atomic mass is 31.2. The zero-order valence-electron chi connectivity index (χ0n) is 39.2. The third kappa shape index (κ3) is 32.8. The van der Waals surface area contributed by atoms with Crippen LogP contribution in [0.5, 0.6) is 5.75 Å². The average Bonchev–Trinajstić information content (AvgIpc) is 3.29. The Morgan fingerprint density at radius 3 is 1.46 bits per heavy atom. The van der Waals surface area contributed by atoms with Crippen molar-refractivity contribution in [2.45, 2.75) is 206 Å². The number of para-hydroxylation sites is 1. The summed E-state index contributed by atoms with van der Waals surface area (Å²) in [4.78, 5) is 38.1. The number of phosphoric ester groups is 1. The lowest BCUT2D eigenvalue weighted by molar-refractivity contribution is -0.161. The van der Waals surface area contributed by atoms with Gasteiger partial charge < -0.3 is 24.1 Å². The zero-order valence-corrected chi connectivity index (χ0v) is 40.1. The van der Waals surface area contributed by atoms with E-state index in [-0.39, 0.29) is 50.9 Å². The van der Waals surface area contributed by atoms with E-state index in [2.05, 4.69) is 19.2 Å². The van der Waals surface area contributed by atoms with Crippen LogP contribution in [0.1, 0.15) is 199 Å². The first-order valence-corrected chi connectivity index (χ1v) is 26.2. The molecule has 2 aromatic rings. The predicted molar refractivity (Wildman–Crippen MR) is 253 cm³/mol. The van der Waals surface area contributed by atoms with Crippen LogP contribution in [0.15, 0.2) is 60.7 Å². The topological polar surface area (TPSA) is 136 Å². The number of hydrogen-bond donors (Lipinski definition) is 1. The minimum Gasteiger partial charge on any atom is -0.462 e. The fraction of sp³-hybridized carbons (Fsp3) is 0.706. The first kappa shape index (κ1) is 55.7. The summed E-state index contributed by atoms with van der Waals surface area (Å²) in [5.41, 5.74) is 0.836. The molecule has 0 fully saturated rings. The van der Waals surface area contributed by atoms with E-state index in [1.165, 1.54) is 122 Å². The van der Waals surface area contributed by atoms with Gasteiger partial charge in [-0.25, -0.2) is 9.36 Å². The molecule has 12 heteroatoms. The maximum Gasteiger partial charge on any atom is 0.530 e. The number of carbonyl (C=O) groups is 3. The number of phosphoric acid groups is 1. The number of hydrogen-bond acceptors (Lipinski definition) is 10. The van der Waals surface area contributed by atoms with Crippen LogP contribution in [-0.4, -0.2) is 50.5 Å². The molecule has 1 N–H and O–H groups in total. The number of carbonyl (C=O) groups excluding carboxylic acids is 3. The quantitative estimate of drug-likeness (QED) is 0.0297. The van der Waals surface area contributed by atoms with E-state index in [9.17, 15) is 18.9 Å². The van der Waals surface area contributed by atoms with Gasteiger partial charge in [0, 0.05) is 19.4 Å². The third-order valence-electron chi connectivity index (χ3n) is 10.9. The molecule has 2 atom stereocenters. The molecule has 0 aromatic heterocycles. The Bertz CT molecular complexity index is 1450. The molecule has 0 saturated heterocycles. The van der Waals surface area contributed by atoms with Gasteiger partial charge in [-0.3, -0.25) is 18.6 Å². The Balaban J connectivity index is 1.84. The van der Waals surface area contributed by atoms with Crippen LogP contribution in [0.4, 0.5) is 4.79 Å². The molecular weight excluding hydrogens is 818 g/mol. The summed E-state index contributed by atoms with van der Waals surface area (Å²) in [6.45, 7) is 3.63. The van der Waals surface area contributed by atoms with Crippen LogP contribution in [0.25, 0.3) is 0 Å². The van der Waals surface area contributed by atoms with E-state index in [1.807, 2.05) is 30.3 Å². The highest BCUT2D eigenvalue weighted by molar-refractivity contribution is 7.48. The molecule has 11 nitrogen and oxygen atoms in total. The Kier molecular flexibility index (Phi) is 34.5. The van der Waals surface area contributed by atoms with E-state index >= 15 is 0 Å². The van der Waals surface area contributed by atoms with Gasteiger partial charge in [0.25, 0.3) is 0 Å². The summed E-state index contributed by atoms with van der Waals surface area (Å²) in [5.74, 6) is -0.603.